The molecule has 5 rings (SSSR count). The number of aromatic nitrogens is 2. The maximum Gasteiger partial charge on any atom is 0.248 e. The molecule has 0 spiro atoms. The number of carbonyl (C=O) groups is 2. The van der Waals surface area contributed by atoms with Gasteiger partial charge in [0.15, 0.2) is 0 Å². The predicted molar refractivity (Wildman–Crippen MR) is 142 cm³/mol. The van der Waals surface area contributed by atoms with E-state index in [1.54, 1.807) is 6.20 Å². The monoisotopic (exact) mass is 521 g/mol. The van der Waals surface area contributed by atoms with E-state index < -0.39 is 6.04 Å². The molecule has 0 saturated carbocycles. The summed E-state index contributed by atoms with van der Waals surface area (Å²) in [6.45, 7) is 8.38. The molecule has 0 bridgehead atoms. The molecule has 2 saturated heterocycles. The molecular formula is C28H32ClN5O3. The summed E-state index contributed by atoms with van der Waals surface area (Å²) in [6, 6.07) is 9.43. The molecule has 1 N–H and O–H groups in total. The van der Waals surface area contributed by atoms with E-state index in [0.29, 0.717) is 24.4 Å². The Balaban J connectivity index is 1.22. The number of benzene rings is 1. The SMILES string of the molecule is Cc1cc(CN2CCC(N3C(=O)CC[C@@H]3C(=O)Nc3cc(-c4c(C)noc4C)ccn3)CC2)ccc1Cl. The molecule has 9 heteroatoms. The number of pyridine rings is 1. The van der Waals surface area contributed by atoms with E-state index in [2.05, 4.69) is 32.5 Å². The van der Waals surface area contributed by atoms with Crippen LogP contribution in [0.2, 0.25) is 5.02 Å². The van der Waals surface area contributed by atoms with E-state index in [1.807, 2.05) is 43.9 Å². The molecule has 194 valence electrons. The van der Waals surface area contributed by atoms with E-state index in [4.69, 9.17) is 16.1 Å². The lowest BCUT2D eigenvalue weighted by Gasteiger charge is -2.39. The molecule has 4 heterocycles. The van der Waals surface area contributed by atoms with Crippen molar-refractivity contribution in [3.8, 4) is 11.1 Å². The third-order valence-electron chi connectivity index (χ3n) is 7.47. The second-order valence-electron chi connectivity index (χ2n) is 10.1. The highest BCUT2D eigenvalue weighted by Crippen LogP contribution is 2.30. The van der Waals surface area contributed by atoms with Crippen molar-refractivity contribution in [1.82, 2.24) is 19.9 Å². The third kappa shape index (κ3) is 5.40. The first kappa shape index (κ1) is 25.4. The lowest BCUT2D eigenvalue weighted by Crippen LogP contribution is -2.51. The van der Waals surface area contributed by atoms with Gasteiger partial charge in [0.25, 0.3) is 0 Å². The Morgan fingerprint density at radius 3 is 2.62 bits per heavy atom. The fourth-order valence-electron chi connectivity index (χ4n) is 5.60. The van der Waals surface area contributed by atoms with Gasteiger partial charge < -0.3 is 14.7 Å². The Bertz CT molecular complexity index is 1300. The van der Waals surface area contributed by atoms with Crippen LogP contribution in [0.5, 0.6) is 0 Å². The minimum atomic E-state index is -0.479. The molecule has 1 atom stereocenters. The van der Waals surface area contributed by atoms with E-state index in [9.17, 15) is 9.59 Å². The fraction of sp³-hybridized carbons (Fsp3) is 0.429. The normalized spacial score (nSPS) is 19.0. The fourth-order valence-corrected chi connectivity index (χ4v) is 5.71. The molecule has 1 aromatic carbocycles. The summed E-state index contributed by atoms with van der Waals surface area (Å²) in [5.41, 5.74) is 4.88. The van der Waals surface area contributed by atoms with Crippen LogP contribution in [0.3, 0.4) is 0 Å². The highest BCUT2D eigenvalue weighted by Gasteiger charge is 2.41. The summed E-state index contributed by atoms with van der Waals surface area (Å²) in [6.07, 6.45) is 4.28. The Morgan fingerprint density at radius 2 is 1.92 bits per heavy atom. The van der Waals surface area contributed by atoms with Gasteiger partial charge in [0.2, 0.25) is 11.8 Å². The van der Waals surface area contributed by atoms with Crippen molar-refractivity contribution in [2.24, 2.45) is 0 Å². The van der Waals surface area contributed by atoms with Gasteiger partial charge in [0.1, 0.15) is 17.6 Å². The van der Waals surface area contributed by atoms with Gasteiger partial charge in [-0.1, -0.05) is 28.9 Å². The van der Waals surface area contributed by atoms with E-state index in [0.717, 1.165) is 59.9 Å². The zero-order valence-corrected chi connectivity index (χ0v) is 22.2. The Labute approximate surface area is 222 Å². The van der Waals surface area contributed by atoms with Crippen molar-refractivity contribution >= 4 is 29.2 Å². The van der Waals surface area contributed by atoms with E-state index >= 15 is 0 Å². The molecule has 2 fully saturated rings. The summed E-state index contributed by atoms with van der Waals surface area (Å²) in [5, 5.41) is 7.75. The van der Waals surface area contributed by atoms with Crippen LogP contribution in [0.25, 0.3) is 11.1 Å². The topological polar surface area (TPSA) is 91.6 Å². The first-order valence-corrected chi connectivity index (χ1v) is 13.2. The smallest absolute Gasteiger partial charge is 0.248 e. The molecule has 8 nitrogen and oxygen atoms in total. The van der Waals surface area contributed by atoms with Crippen molar-refractivity contribution < 1.29 is 14.1 Å². The number of rotatable bonds is 6. The Kier molecular flexibility index (Phi) is 7.31. The molecule has 0 unspecified atom stereocenters. The Morgan fingerprint density at radius 1 is 1.14 bits per heavy atom. The average Bonchev–Trinajstić information content (AvgIpc) is 3.43. The minimum absolute atomic E-state index is 0.0596. The van der Waals surface area contributed by atoms with Gasteiger partial charge in [-0.25, -0.2) is 4.98 Å². The molecule has 0 radical (unpaired) electrons. The van der Waals surface area contributed by atoms with E-state index in [1.165, 1.54) is 5.56 Å². The molecule has 0 aliphatic carbocycles. The van der Waals surface area contributed by atoms with Gasteiger partial charge in [0, 0.05) is 48.9 Å². The number of anilines is 1. The van der Waals surface area contributed by atoms with Crippen LogP contribution < -0.4 is 5.32 Å². The molecule has 37 heavy (non-hydrogen) atoms. The van der Waals surface area contributed by atoms with Crippen molar-refractivity contribution in [3.63, 3.8) is 0 Å². The van der Waals surface area contributed by atoms with Gasteiger partial charge in [0.05, 0.1) is 5.69 Å². The first-order valence-electron chi connectivity index (χ1n) is 12.8. The van der Waals surface area contributed by atoms with Gasteiger partial charge >= 0.3 is 0 Å². The molecule has 2 aromatic heterocycles. The van der Waals surface area contributed by atoms with Crippen molar-refractivity contribution in [2.75, 3.05) is 18.4 Å². The number of amides is 2. The molecule has 2 aliphatic heterocycles. The summed E-state index contributed by atoms with van der Waals surface area (Å²) >= 11 is 6.17. The zero-order chi connectivity index (χ0) is 26.1. The molecular weight excluding hydrogens is 490 g/mol. The largest absolute Gasteiger partial charge is 0.361 e. The van der Waals surface area contributed by atoms with Crippen LogP contribution in [-0.2, 0) is 16.1 Å². The van der Waals surface area contributed by atoms with Crippen molar-refractivity contribution in [2.45, 2.75) is 65.1 Å². The average molecular weight is 522 g/mol. The Hall–Kier alpha value is -3.23. The number of nitrogens with one attached hydrogen (secondary N) is 1. The van der Waals surface area contributed by atoms with Gasteiger partial charge in [-0.15, -0.1) is 0 Å². The van der Waals surface area contributed by atoms with Crippen LogP contribution >= 0.6 is 11.6 Å². The van der Waals surface area contributed by atoms with Gasteiger partial charge in [-0.3, -0.25) is 14.5 Å². The second kappa shape index (κ2) is 10.6. The summed E-state index contributed by atoms with van der Waals surface area (Å²) in [5.74, 6) is 1.04. The van der Waals surface area contributed by atoms with E-state index in [-0.39, 0.29) is 17.9 Å². The molecule has 2 aliphatic rings. The van der Waals surface area contributed by atoms with Crippen LogP contribution in [0, 0.1) is 20.8 Å². The van der Waals surface area contributed by atoms with Crippen LogP contribution in [0.15, 0.2) is 41.1 Å². The van der Waals surface area contributed by atoms with Crippen LogP contribution in [0.4, 0.5) is 5.82 Å². The number of piperidine rings is 1. The number of likely N-dealkylation sites (tertiary alicyclic amines) is 2. The maximum absolute atomic E-state index is 13.3. The number of aryl methyl sites for hydroxylation is 3. The summed E-state index contributed by atoms with van der Waals surface area (Å²) < 4.78 is 5.28. The number of carbonyl (C=O) groups excluding carboxylic acids is 2. The summed E-state index contributed by atoms with van der Waals surface area (Å²) in [4.78, 5) is 34.7. The lowest BCUT2D eigenvalue weighted by molar-refractivity contribution is -0.136. The lowest BCUT2D eigenvalue weighted by atomic mass is 10.0. The zero-order valence-electron chi connectivity index (χ0n) is 21.5. The standard InChI is InChI=1S/C28H32ClN5O3/c1-17-14-20(4-5-23(17)29)16-33-12-9-22(10-13-33)34-24(6-7-26(34)35)28(36)31-25-15-21(8-11-30-25)27-18(2)32-37-19(27)3/h4-5,8,11,14-15,22,24H,6-7,9-10,12-13,16H2,1-3H3,(H,30,31,36)/t24-/m1/s1. The quantitative estimate of drug-likeness (QED) is 0.495. The number of halogens is 1. The van der Waals surface area contributed by atoms with Crippen molar-refractivity contribution in [1.29, 1.82) is 0 Å². The number of hydrogen-bond acceptors (Lipinski definition) is 6. The number of nitrogens with zero attached hydrogens (tertiary/aromatic N) is 4. The van der Waals surface area contributed by atoms with Gasteiger partial charge in [-0.05, 0) is 74.9 Å². The first-order chi connectivity index (χ1) is 17.8. The van der Waals surface area contributed by atoms with Crippen LogP contribution in [0.1, 0.15) is 48.3 Å². The summed E-state index contributed by atoms with van der Waals surface area (Å²) in [7, 11) is 0. The maximum atomic E-state index is 13.3. The minimum Gasteiger partial charge on any atom is -0.361 e. The van der Waals surface area contributed by atoms with Crippen LogP contribution in [-0.4, -0.2) is 56.9 Å². The highest BCUT2D eigenvalue weighted by molar-refractivity contribution is 6.31. The second-order valence-corrected chi connectivity index (χ2v) is 10.5. The predicted octanol–water partition coefficient (Wildman–Crippen LogP) is 4.91. The van der Waals surface area contributed by atoms with Gasteiger partial charge in [-0.2, -0.15) is 0 Å². The third-order valence-corrected chi connectivity index (χ3v) is 7.89. The number of hydrogen-bond donors (Lipinski definition) is 1. The van der Waals surface area contributed by atoms with Crippen molar-refractivity contribution in [3.05, 3.63) is 64.1 Å². The highest BCUT2D eigenvalue weighted by atomic mass is 35.5. The molecule has 3 aromatic rings. The molecule has 2 amide bonds.